The van der Waals surface area contributed by atoms with Gasteiger partial charge in [0.2, 0.25) is 11.6 Å². The second-order valence-corrected chi connectivity index (χ2v) is 7.58. The van der Waals surface area contributed by atoms with Gasteiger partial charge in [0.15, 0.2) is 0 Å². The second-order valence-electron chi connectivity index (χ2n) is 7.58. The lowest BCUT2D eigenvalue weighted by Crippen LogP contribution is -2.38. The number of benzene rings is 1. The molecule has 2 aliphatic rings. The average molecular weight is 411 g/mol. The van der Waals surface area contributed by atoms with Crippen LogP contribution in [0, 0.1) is 16.0 Å². The Balaban J connectivity index is 1.57. The summed E-state index contributed by atoms with van der Waals surface area (Å²) in [6.45, 7) is 4.43. The Hall–Kier alpha value is -3.23. The molecule has 0 atom stereocenters. The van der Waals surface area contributed by atoms with Crippen molar-refractivity contribution in [2.75, 3.05) is 36.0 Å². The standard InChI is InChI=1S/C21H25N5O4/c1-2-30-21(27)16-8-10-24(11-9-16)19-18(26(28)29)20(23-14-22-19)25-12-7-15-5-3-4-6-17(15)13-25/h3-6,14,16H,2,7-13H2,1H3. The van der Waals surface area contributed by atoms with Crippen molar-refractivity contribution >= 4 is 23.3 Å². The van der Waals surface area contributed by atoms with E-state index in [1.165, 1.54) is 11.9 Å². The molecule has 4 rings (SSSR count). The van der Waals surface area contributed by atoms with Crippen molar-refractivity contribution in [2.24, 2.45) is 5.92 Å². The summed E-state index contributed by atoms with van der Waals surface area (Å²) >= 11 is 0. The van der Waals surface area contributed by atoms with Crippen LogP contribution in [-0.4, -0.2) is 47.1 Å². The van der Waals surface area contributed by atoms with E-state index in [1.54, 1.807) is 6.92 Å². The number of nitro groups is 1. The maximum absolute atomic E-state index is 12.0. The first kappa shape index (κ1) is 20.1. The van der Waals surface area contributed by atoms with Gasteiger partial charge in [0.1, 0.15) is 6.33 Å². The smallest absolute Gasteiger partial charge is 0.353 e. The maximum atomic E-state index is 12.0. The Bertz CT molecular complexity index is 943. The summed E-state index contributed by atoms with van der Waals surface area (Å²) in [5.74, 6) is 0.320. The zero-order valence-electron chi connectivity index (χ0n) is 17.0. The molecule has 9 nitrogen and oxygen atoms in total. The Morgan fingerprint density at radius 1 is 1.13 bits per heavy atom. The third-order valence-corrected chi connectivity index (χ3v) is 5.81. The molecular formula is C21H25N5O4. The van der Waals surface area contributed by atoms with Gasteiger partial charge in [-0.3, -0.25) is 14.9 Å². The average Bonchev–Trinajstić information content (AvgIpc) is 2.78. The molecule has 1 fully saturated rings. The fraction of sp³-hybridized carbons (Fsp3) is 0.476. The first-order valence-electron chi connectivity index (χ1n) is 10.3. The van der Waals surface area contributed by atoms with Gasteiger partial charge in [-0.25, -0.2) is 9.97 Å². The number of carbonyl (C=O) groups excluding carboxylic acids is 1. The molecule has 3 heterocycles. The molecule has 0 amide bonds. The van der Waals surface area contributed by atoms with Crippen LogP contribution >= 0.6 is 0 Å². The quantitative estimate of drug-likeness (QED) is 0.420. The summed E-state index contributed by atoms with van der Waals surface area (Å²) in [5, 5.41) is 12.0. The first-order chi connectivity index (χ1) is 14.6. The largest absolute Gasteiger partial charge is 0.466 e. The SMILES string of the molecule is CCOC(=O)C1CCN(c2ncnc(N3CCc4ccccc4C3)c2[N+](=O)[O-])CC1. The summed E-state index contributed by atoms with van der Waals surface area (Å²) in [5.41, 5.74) is 2.37. The number of rotatable bonds is 5. The third-order valence-electron chi connectivity index (χ3n) is 5.81. The van der Waals surface area contributed by atoms with E-state index in [-0.39, 0.29) is 22.5 Å². The van der Waals surface area contributed by atoms with Crippen LogP contribution in [0.1, 0.15) is 30.9 Å². The minimum atomic E-state index is -0.386. The van der Waals surface area contributed by atoms with Crippen LogP contribution in [0.3, 0.4) is 0 Å². The van der Waals surface area contributed by atoms with Gasteiger partial charge in [-0.1, -0.05) is 24.3 Å². The molecule has 30 heavy (non-hydrogen) atoms. The van der Waals surface area contributed by atoms with Crippen LogP contribution in [0.2, 0.25) is 0 Å². The summed E-state index contributed by atoms with van der Waals surface area (Å²) in [4.78, 5) is 36.0. The maximum Gasteiger partial charge on any atom is 0.353 e. The molecule has 0 spiro atoms. The van der Waals surface area contributed by atoms with Gasteiger partial charge >= 0.3 is 11.7 Å². The number of esters is 1. The van der Waals surface area contributed by atoms with Crippen molar-refractivity contribution in [3.63, 3.8) is 0 Å². The highest BCUT2D eigenvalue weighted by atomic mass is 16.6. The summed E-state index contributed by atoms with van der Waals surface area (Å²) < 4.78 is 5.11. The Morgan fingerprint density at radius 3 is 2.47 bits per heavy atom. The monoisotopic (exact) mass is 411 g/mol. The van der Waals surface area contributed by atoms with E-state index in [0.717, 1.165) is 12.0 Å². The van der Waals surface area contributed by atoms with Crippen LogP contribution in [0.4, 0.5) is 17.3 Å². The number of hydrogen-bond acceptors (Lipinski definition) is 8. The fourth-order valence-corrected chi connectivity index (χ4v) is 4.25. The van der Waals surface area contributed by atoms with Crippen molar-refractivity contribution in [3.8, 4) is 0 Å². The molecule has 158 valence electrons. The number of nitrogens with zero attached hydrogens (tertiary/aromatic N) is 5. The van der Waals surface area contributed by atoms with Crippen molar-refractivity contribution in [3.05, 3.63) is 51.8 Å². The molecule has 0 radical (unpaired) electrons. The Kier molecular flexibility index (Phi) is 5.78. The van der Waals surface area contributed by atoms with E-state index in [0.29, 0.717) is 57.3 Å². The molecule has 0 aliphatic carbocycles. The lowest BCUT2D eigenvalue weighted by Gasteiger charge is -2.33. The molecule has 0 saturated carbocycles. The Morgan fingerprint density at radius 2 is 1.80 bits per heavy atom. The van der Waals surface area contributed by atoms with Crippen molar-refractivity contribution < 1.29 is 14.5 Å². The number of ether oxygens (including phenoxy) is 1. The van der Waals surface area contributed by atoms with Gasteiger partial charge in [-0.05, 0) is 37.3 Å². The van der Waals surface area contributed by atoms with Crippen LogP contribution in [0.5, 0.6) is 0 Å². The predicted molar refractivity (Wildman–Crippen MR) is 111 cm³/mol. The molecule has 2 aromatic rings. The highest BCUT2D eigenvalue weighted by Gasteiger charge is 2.34. The molecule has 1 aromatic carbocycles. The molecule has 0 bridgehead atoms. The lowest BCUT2D eigenvalue weighted by atomic mass is 9.97. The van der Waals surface area contributed by atoms with Crippen molar-refractivity contribution in [1.29, 1.82) is 0 Å². The molecule has 0 N–H and O–H groups in total. The van der Waals surface area contributed by atoms with E-state index in [1.807, 2.05) is 21.9 Å². The van der Waals surface area contributed by atoms with Gasteiger partial charge in [0.05, 0.1) is 17.4 Å². The van der Waals surface area contributed by atoms with Crippen LogP contribution < -0.4 is 9.80 Å². The van der Waals surface area contributed by atoms with Gasteiger partial charge in [-0.15, -0.1) is 0 Å². The highest BCUT2D eigenvalue weighted by Crippen LogP contribution is 2.37. The highest BCUT2D eigenvalue weighted by molar-refractivity contribution is 5.74. The van der Waals surface area contributed by atoms with Gasteiger partial charge < -0.3 is 14.5 Å². The number of carbonyl (C=O) groups is 1. The van der Waals surface area contributed by atoms with Crippen LogP contribution in [0.25, 0.3) is 0 Å². The lowest BCUT2D eigenvalue weighted by molar-refractivity contribution is -0.383. The minimum absolute atomic E-state index is 0.0635. The second kappa shape index (κ2) is 8.64. The summed E-state index contributed by atoms with van der Waals surface area (Å²) in [7, 11) is 0. The number of aromatic nitrogens is 2. The van der Waals surface area contributed by atoms with E-state index >= 15 is 0 Å². The zero-order valence-corrected chi connectivity index (χ0v) is 17.0. The first-order valence-corrected chi connectivity index (χ1v) is 10.3. The summed E-state index contributed by atoms with van der Waals surface area (Å²) in [6, 6.07) is 8.14. The van der Waals surface area contributed by atoms with Gasteiger partial charge in [0.25, 0.3) is 0 Å². The van der Waals surface area contributed by atoms with E-state index in [9.17, 15) is 14.9 Å². The minimum Gasteiger partial charge on any atom is -0.466 e. The number of fused-ring (bicyclic) bond motifs is 1. The van der Waals surface area contributed by atoms with Gasteiger partial charge in [0, 0.05) is 26.2 Å². The van der Waals surface area contributed by atoms with Crippen LogP contribution in [-0.2, 0) is 22.5 Å². The Labute approximate surface area is 174 Å². The van der Waals surface area contributed by atoms with Crippen LogP contribution in [0.15, 0.2) is 30.6 Å². The molecule has 1 saturated heterocycles. The third kappa shape index (κ3) is 3.92. The molecule has 2 aliphatic heterocycles. The molecule has 9 heteroatoms. The zero-order chi connectivity index (χ0) is 21.1. The number of anilines is 2. The fourth-order valence-electron chi connectivity index (χ4n) is 4.25. The number of hydrogen-bond donors (Lipinski definition) is 0. The van der Waals surface area contributed by atoms with Crippen molar-refractivity contribution in [2.45, 2.75) is 32.7 Å². The van der Waals surface area contributed by atoms with E-state index < -0.39 is 0 Å². The van der Waals surface area contributed by atoms with Crippen molar-refractivity contribution in [1.82, 2.24) is 9.97 Å². The molecular weight excluding hydrogens is 386 g/mol. The van der Waals surface area contributed by atoms with E-state index in [2.05, 4.69) is 22.1 Å². The predicted octanol–water partition coefficient (Wildman–Crippen LogP) is 2.73. The normalized spacial score (nSPS) is 16.8. The number of piperidine rings is 1. The van der Waals surface area contributed by atoms with E-state index in [4.69, 9.17) is 4.74 Å². The molecule has 1 aromatic heterocycles. The topological polar surface area (TPSA) is 102 Å². The van der Waals surface area contributed by atoms with Gasteiger partial charge in [-0.2, -0.15) is 0 Å². The summed E-state index contributed by atoms with van der Waals surface area (Å²) in [6.07, 6.45) is 3.39. The molecule has 0 unspecified atom stereocenters.